The summed E-state index contributed by atoms with van der Waals surface area (Å²) >= 11 is -2.84. The van der Waals surface area contributed by atoms with Gasteiger partial charge in [0.2, 0.25) is 0 Å². The van der Waals surface area contributed by atoms with Crippen LogP contribution >= 0.6 is 0 Å². The Morgan fingerprint density at radius 2 is 1.88 bits per heavy atom. The zero-order valence-electron chi connectivity index (χ0n) is 8.30. The smallest absolute Gasteiger partial charge is 0.0678 e. The van der Waals surface area contributed by atoms with Gasteiger partial charge in [-0.05, 0) is 16.3 Å². The molecular weight excluding hydrogens is 229 g/mol. The first-order valence-electron chi connectivity index (χ1n) is 4.68. The Hall–Kier alpha value is -1.30. The summed E-state index contributed by atoms with van der Waals surface area (Å²) in [4.78, 5) is 0. The fourth-order valence-electron chi connectivity index (χ4n) is 1.62. The number of benzene rings is 2. The second-order valence-electron chi connectivity index (χ2n) is 3.33. The lowest BCUT2D eigenvalue weighted by molar-refractivity contribution is 0.126. The summed E-state index contributed by atoms with van der Waals surface area (Å²) in [5.74, 6) is 0. The molecule has 5 heteroatoms. The zero-order valence-corrected chi connectivity index (χ0v) is 9.11. The van der Waals surface area contributed by atoms with Crippen LogP contribution in [-0.4, -0.2) is 13.3 Å². The second-order valence-corrected chi connectivity index (χ2v) is 4.16. The third kappa shape index (κ3) is 2.27. The fourth-order valence-corrected chi connectivity index (χ4v) is 1.86. The van der Waals surface area contributed by atoms with Gasteiger partial charge in [-0.2, -0.15) is 0 Å². The van der Waals surface area contributed by atoms with Crippen molar-refractivity contribution in [1.29, 1.82) is 0 Å². The van der Waals surface area contributed by atoms with Crippen LogP contribution in [0.4, 0.5) is 4.48 Å². The van der Waals surface area contributed by atoms with Gasteiger partial charge < -0.3 is 4.55 Å². The lowest BCUT2D eigenvalue weighted by atomic mass is 10.1. The maximum absolute atomic E-state index is 13.0. The number of fused-ring (bicyclic) bond motifs is 1. The lowest BCUT2D eigenvalue weighted by Crippen LogP contribution is -2.15. The van der Waals surface area contributed by atoms with E-state index in [0.29, 0.717) is 5.56 Å². The second kappa shape index (κ2) is 4.69. The first-order valence-corrected chi connectivity index (χ1v) is 5.71. The molecule has 0 spiro atoms. The van der Waals surface area contributed by atoms with Gasteiger partial charge >= 0.3 is 0 Å². The third-order valence-corrected chi connectivity index (χ3v) is 2.79. The van der Waals surface area contributed by atoms with Crippen molar-refractivity contribution in [1.82, 2.24) is 4.53 Å². The van der Waals surface area contributed by atoms with Crippen molar-refractivity contribution in [2.45, 2.75) is 6.54 Å². The van der Waals surface area contributed by atoms with Gasteiger partial charge in [0.1, 0.15) is 0 Å². The fraction of sp³-hybridized carbons (Fsp3) is 0.0909. The molecule has 0 amide bonds. The normalized spacial score (nSPS) is 13.2. The number of hydrogen-bond donors (Lipinski definition) is 0. The predicted molar refractivity (Wildman–Crippen MR) is 59.5 cm³/mol. The van der Waals surface area contributed by atoms with Crippen molar-refractivity contribution in [3.8, 4) is 0 Å². The summed E-state index contributed by atoms with van der Waals surface area (Å²) < 4.78 is 33.5. The molecule has 1 atom stereocenters. The van der Waals surface area contributed by atoms with Gasteiger partial charge in [0.25, 0.3) is 0 Å². The van der Waals surface area contributed by atoms with Gasteiger partial charge in [0, 0.05) is 0 Å². The predicted octanol–water partition coefficient (Wildman–Crippen LogP) is 2.32. The Labute approximate surface area is 94.9 Å². The summed E-state index contributed by atoms with van der Waals surface area (Å²) in [5, 5.41) is 1.82. The van der Waals surface area contributed by atoms with Crippen molar-refractivity contribution in [2.24, 2.45) is 0 Å². The molecular formula is C11H9FNO2S-. The van der Waals surface area contributed by atoms with Crippen molar-refractivity contribution in [3.05, 3.63) is 48.0 Å². The molecule has 2 rings (SSSR count). The topological polar surface area (TPSA) is 43.4 Å². The number of halogens is 1. The monoisotopic (exact) mass is 238 g/mol. The van der Waals surface area contributed by atoms with E-state index in [1.807, 2.05) is 30.3 Å². The quantitative estimate of drug-likeness (QED) is 0.608. The van der Waals surface area contributed by atoms with Gasteiger partial charge in [-0.25, -0.2) is 0 Å². The highest BCUT2D eigenvalue weighted by Crippen LogP contribution is 2.20. The molecule has 0 saturated heterocycles. The van der Waals surface area contributed by atoms with E-state index in [1.54, 1.807) is 12.1 Å². The minimum absolute atomic E-state index is 0.220. The van der Waals surface area contributed by atoms with E-state index >= 15 is 0 Å². The van der Waals surface area contributed by atoms with Crippen LogP contribution in [0.3, 0.4) is 0 Å². The van der Waals surface area contributed by atoms with E-state index in [9.17, 15) is 13.2 Å². The number of hydrogen-bond acceptors (Lipinski definition) is 2. The van der Waals surface area contributed by atoms with Crippen LogP contribution in [-0.2, 0) is 17.8 Å². The minimum atomic E-state index is -2.84. The summed E-state index contributed by atoms with van der Waals surface area (Å²) in [5.41, 5.74) is 0.643. The Balaban J connectivity index is 2.41. The van der Waals surface area contributed by atoms with Crippen LogP contribution in [0, 0.1) is 0 Å². The average Bonchev–Trinajstić information content (AvgIpc) is 2.29. The molecule has 84 valence electrons. The molecule has 0 aliphatic carbocycles. The van der Waals surface area contributed by atoms with Gasteiger partial charge in [0.05, 0.1) is 17.8 Å². The van der Waals surface area contributed by atoms with Crippen LogP contribution in [0.5, 0.6) is 0 Å². The minimum Gasteiger partial charge on any atom is -0.758 e. The molecule has 2 aromatic rings. The molecule has 1 unspecified atom stereocenters. The van der Waals surface area contributed by atoms with E-state index in [1.165, 1.54) is 0 Å². The maximum Gasteiger partial charge on any atom is 0.0678 e. The van der Waals surface area contributed by atoms with Crippen LogP contribution in [0.15, 0.2) is 42.5 Å². The van der Waals surface area contributed by atoms with Gasteiger partial charge in [-0.1, -0.05) is 47.0 Å². The SMILES string of the molecule is O=S([O-])N(F)Cc1cccc2ccccc12. The Morgan fingerprint density at radius 3 is 2.62 bits per heavy atom. The van der Waals surface area contributed by atoms with Crippen LogP contribution in [0.2, 0.25) is 0 Å². The maximum atomic E-state index is 13.0. The van der Waals surface area contributed by atoms with Gasteiger partial charge in [-0.15, -0.1) is 4.48 Å². The molecule has 0 aliphatic rings. The highest BCUT2D eigenvalue weighted by molar-refractivity contribution is 7.76. The molecule has 0 saturated carbocycles. The summed E-state index contributed by atoms with van der Waals surface area (Å²) in [6.07, 6.45) is 0. The van der Waals surface area contributed by atoms with Crippen molar-refractivity contribution in [2.75, 3.05) is 0 Å². The first kappa shape index (κ1) is 11.2. The Kier molecular flexibility index (Phi) is 3.28. The molecule has 0 N–H and O–H groups in total. The molecule has 16 heavy (non-hydrogen) atoms. The van der Waals surface area contributed by atoms with E-state index in [4.69, 9.17) is 0 Å². The van der Waals surface area contributed by atoms with Gasteiger partial charge in [-0.3, -0.25) is 4.21 Å². The highest BCUT2D eigenvalue weighted by Gasteiger charge is 2.07. The molecule has 0 bridgehead atoms. The average molecular weight is 238 g/mol. The molecule has 0 radical (unpaired) electrons. The molecule has 2 aromatic carbocycles. The Morgan fingerprint density at radius 1 is 1.19 bits per heavy atom. The van der Waals surface area contributed by atoms with Crippen LogP contribution < -0.4 is 0 Å². The van der Waals surface area contributed by atoms with Crippen molar-refractivity contribution >= 4 is 22.0 Å². The lowest BCUT2D eigenvalue weighted by Gasteiger charge is -2.14. The zero-order chi connectivity index (χ0) is 11.5. The largest absolute Gasteiger partial charge is 0.758 e. The molecule has 3 nitrogen and oxygen atoms in total. The number of nitrogens with zero attached hydrogens (tertiary/aromatic N) is 1. The summed E-state index contributed by atoms with van der Waals surface area (Å²) in [6, 6.07) is 12.8. The van der Waals surface area contributed by atoms with E-state index in [0.717, 1.165) is 10.8 Å². The van der Waals surface area contributed by atoms with Gasteiger partial charge in [0.15, 0.2) is 0 Å². The third-order valence-electron chi connectivity index (χ3n) is 2.34. The molecule has 0 aromatic heterocycles. The van der Waals surface area contributed by atoms with Crippen molar-refractivity contribution < 1.29 is 13.2 Å². The summed E-state index contributed by atoms with van der Waals surface area (Å²) in [7, 11) is 0. The van der Waals surface area contributed by atoms with E-state index in [-0.39, 0.29) is 11.1 Å². The van der Waals surface area contributed by atoms with Crippen LogP contribution in [0.25, 0.3) is 10.8 Å². The molecule has 0 fully saturated rings. The van der Waals surface area contributed by atoms with Crippen molar-refractivity contribution in [3.63, 3.8) is 0 Å². The van der Waals surface area contributed by atoms with Crippen LogP contribution in [0.1, 0.15) is 5.56 Å². The Bertz CT molecular complexity index is 527. The highest BCUT2D eigenvalue weighted by atomic mass is 32.2. The standard InChI is InChI=1S/C11H10FNO2S/c12-13(16(14)15)8-10-6-3-5-9-4-1-2-7-11(9)10/h1-7H,8H2,(H,14,15)/p-1. The molecule has 0 aliphatic heterocycles. The summed E-state index contributed by atoms with van der Waals surface area (Å²) in [6.45, 7) is -0.266. The number of rotatable bonds is 3. The first-order chi connectivity index (χ1) is 7.68. The van der Waals surface area contributed by atoms with E-state index in [2.05, 4.69) is 0 Å². The molecule has 0 heterocycles. The van der Waals surface area contributed by atoms with E-state index < -0.39 is 11.3 Å².